The highest BCUT2D eigenvalue weighted by atomic mass is 16.5. The van der Waals surface area contributed by atoms with Gasteiger partial charge in [0, 0.05) is 13.3 Å². The molecule has 6 heteroatoms. The van der Waals surface area contributed by atoms with E-state index in [1.807, 2.05) is 0 Å². The number of nitrogens with zero attached hydrogens (tertiary/aromatic N) is 1. The number of rotatable bonds is 3. The van der Waals surface area contributed by atoms with E-state index in [4.69, 9.17) is 9.84 Å². The first-order valence-corrected chi connectivity index (χ1v) is 6.37. The fraction of sp³-hybridized carbons (Fsp3) is 0.615. The first-order chi connectivity index (χ1) is 8.98. The zero-order valence-corrected chi connectivity index (χ0v) is 11.1. The molecule has 2 rings (SSSR count). The zero-order valence-electron chi connectivity index (χ0n) is 11.1. The molecule has 1 aromatic rings. The fourth-order valence-corrected chi connectivity index (χ4v) is 2.54. The number of aromatic nitrogens is 2. The minimum atomic E-state index is -1.27. The number of carboxylic acids is 1. The molecular formula is C13H18N2O4. The summed E-state index contributed by atoms with van der Waals surface area (Å²) in [4.78, 5) is 29.2. The highest BCUT2D eigenvalue weighted by Gasteiger charge is 2.38. The lowest BCUT2D eigenvalue weighted by atomic mass is 9.79. The molecule has 104 valence electrons. The van der Waals surface area contributed by atoms with E-state index in [0.29, 0.717) is 11.7 Å². The number of hydrogen-bond acceptors (Lipinski definition) is 4. The fourth-order valence-electron chi connectivity index (χ4n) is 2.54. The maximum atomic E-state index is 11.7. The Kier molecular flexibility index (Phi) is 3.71. The molecule has 0 aliphatic heterocycles. The summed E-state index contributed by atoms with van der Waals surface area (Å²) in [5.41, 5.74) is -1.57. The predicted octanol–water partition coefficient (Wildman–Crippen LogP) is 1.52. The molecular weight excluding hydrogens is 248 g/mol. The smallest absolute Gasteiger partial charge is 0.342 e. The molecule has 1 aromatic heterocycles. The van der Waals surface area contributed by atoms with Gasteiger partial charge >= 0.3 is 5.97 Å². The van der Waals surface area contributed by atoms with Gasteiger partial charge in [-0.15, -0.1) is 0 Å². The molecule has 0 bridgehead atoms. The number of hydrogen-bond donors (Lipinski definition) is 2. The Morgan fingerprint density at radius 2 is 2.16 bits per heavy atom. The summed E-state index contributed by atoms with van der Waals surface area (Å²) in [5, 5.41) is 8.83. The van der Waals surface area contributed by atoms with Gasteiger partial charge in [-0.25, -0.2) is 9.78 Å². The van der Waals surface area contributed by atoms with Crippen molar-refractivity contribution in [2.75, 3.05) is 7.11 Å². The normalized spacial score (nSPS) is 27.2. The number of ether oxygens (including phenoxy) is 1. The highest BCUT2D eigenvalue weighted by Crippen LogP contribution is 2.40. The quantitative estimate of drug-likeness (QED) is 0.865. The lowest BCUT2D eigenvalue weighted by molar-refractivity contribution is -0.0599. The third-order valence-electron chi connectivity index (χ3n) is 3.93. The van der Waals surface area contributed by atoms with Crippen LogP contribution in [0.5, 0.6) is 0 Å². The molecule has 1 fully saturated rings. The Hall–Kier alpha value is -1.69. The van der Waals surface area contributed by atoms with Crippen LogP contribution in [0.1, 0.15) is 48.8 Å². The Labute approximate surface area is 110 Å². The van der Waals surface area contributed by atoms with Crippen molar-refractivity contribution >= 4 is 5.97 Å². The first kappa shape index (κ1) is 13.7. The van der Waals surface area contributed by atoms with Gasteiger partial charge in [0.05, 0.1) is 0 Å². The van der Waals surface area contributed by atoms with Crippen LogP contribution in [0.3, 0.4) is 0 Å². The molecule has 19 heavy (non-hydrogen) atoms. The van der Waals surface area contributed by atoms with Gasteiger partial charge < -0.3 is 14.8 Å². The molecule has 0 amide bonds. The Morgan fingerprint density at radius 3 is 2.63 bits per heavy atom. The summed E-state index contributed by atoms with van der Waals surface area (Å²) in [7, 11) is 1.60. The van der Waals surface area contributed by atoms with Crippen LogP contribution in [0.4, 0.5) is 0 Å². The van der Waals surface area contributed by atoms with E-state index < -0.39 is 17.1 Å². The highest BCUT2D eigenvalue weighted by molar-refractivity contribution is 5.86. The molecule has 1 saturated carbocycles. The summed E-state index contributed by atoms with van der Waals surface area (Å²) < 4.78 is 5.59. The minimum Gasteiger partial charge on any atom is -0.477 e. The molecule has 0 radical (unpaired) electrons. The van der Waals surface area contributed by atoms with Crippen molar-refractivity contribution in [3.05, 3.63) is 27.9 Å². The van der Waals surface area contributed by atoms with Gasteiger partial charge in [0.1, 0.15) is 17.0 Å². The summed E-state index contributed by atoms with van der Waals surface area (Å²) in [5.74, 6) is -0.214. The second-order valence-electron chi connectivity index (χ2n) is 5.16. The standard InChI is InChI=1S/C13H18N2O4/c1-8-3-5-13(19-2,6-4-8)12-14-7-9(11(17)18)10(16)15-12/h7-8H,3-6H2,1-2H3,(H,17,18)(H,14,15,16). The van der Waals surface area contributed by atoms with Crippen molar-refractivity contribution in [3.63, 3.8) is 0 Å². The summed E-state index contributed by atoms with van der Waals surface area (Å²) in [6.07, 6.45) is 4.66. The molecule has 0 spiro atoms. The number of aromatic carboxylic acids is 1. The van der Waals surface area contributed by atoms with Crippen LogP contribution in [0.2, 0.25) is 0 Å². The van der Waals surface area contributed by atoms with Crippen molar-refractivity contribution in [3.8, 4) is 0 Å². The second kappa shape index (κ2) is 5.13. The van der Waals surface area contributed by atoms with E-state index in [1.54, 1.807) is 7.11 Å². The van der Waals surface area contributed by atoms with Crippen LogP contribution in [0.25, 0.3) is 0 Å². The van der Waals surface area contributed by atoms with E-state index in [9.17, 15) is 9.59 Å². The maximum Gasteiger partial charge on any atom is 0.342 e. The van der Waals surface area contributed by atoms with Crippen molar-refractivity contribution in [1.82, 2.24) is 9.97 Å². The van der Waals surface area contributed by atoms with Crippen LogP contribution in [-0.4, -0.2) is 28.2 Å². The van der Waals surface area contributed by atoms with Gasteiger partial charge in [-0.1, -0.05) is 6.92 Å². The number of carboxylic acid groups (broad SMARTS) is 1. The third kappa shape index (κ3) is 2.53. The molecule has 1 aliphatic rings. The zero-order chi connectivity index (χ0) is 14.0. The van der Waals surface area contributed by atoms with Gasteiger partial charge in [-0.2, -0.15) is 0 Å². The maximum absolute atomic E-state index is 11.7. The number of nitrogens with one attached hydrogen (secondary N) is 1. The second-order valence-corrected chi connectivity index (χ2v) is 5.16. The molecule has 6 nitrogen and oxygen atoms in total. The number of aromatic amines is 1. The number of methoxy groups -OCH3 is 1. The average Bonchev–Trinajstić information content (AvgIpc) is 2.39. The Morgan fingerprint density at radius 1 is 1.53 bits per heavy atom. The van der Waals surface area contributed by atoms with E-state index >= 15 is 0 Å². The Balaban J connectivity index is 2.37. The van der Waals surface area contributed by atoms with Gasteiger partial charge in [-0.05, 0) is 31.6 Å². The van der Waals surface area contributed by atoms with Crippen LogP contribution in [-0.2, 0) is 10.3 Å². The first-order valence-electron chi connectivity index (χ1n) is 6.37. The monoisotopic (exact) mass is 266 g/mol. The van der Waals surface area contributed by atoms with Crippen molar-refractivity contribution < 1.29 is 14.6 Å². The van der Waals surface area contributed by atoms with Crippen LogP contribution in [0, 0.1) is 5.92 Å². The van der Waals surface area contributed by atoms with Crippen LogP contribution >= 0.6 is 0 Å². The SMILES string of the molecule is COC1(c2ncc(C(=O)O)c(=O)[nH]2)CCC(C)CC1. The Bertz CT molecular complexity index is 530. The third-order valence-corrected chi connectivity index (χ3v) is 3.93. The van der Waals surface area contributed by atoms with Gasteiger partial charge in [0.2, 0.25) is 0 Å². The van der Waals surface area contributed by atoms with Crippen molar-refractivity contribution in [2.45, 2.75) is 38.2 Å². The lowest BCUT2D eigenvalue weighted by Crippen LogP contribution is -2.37. The topological polar surface area (TPSA) is 92.3 Å². The van der Waals surface area contributed by atoms with Gasteiger partial charge in [0.25, 0.3) is 5.56 Å². The summed E-state index contributed by atoms with van der Waals surface area (Å²) in [6.45, 7) is 2.18. The molecule has 1 aliphatic carbocycles. The van der Waals surface area contributed by atoms with Gasteiger partial charge in [-0.3, -0.25) is 4.79 Å². The van der Waals surface area contributed by atoms with Crippen LogP contribution < -0.4 is 5.56 Å². The van der Waals surface area contributed by atoms with E-state index in [-0.39, 0.29) is 5.56 Å². The predicted molar refractivity (Wildman–Crippen MR) is 68.1 cm³/mol. The average molecular weight is 266 g/mol. The van der Waals surface area contributed by atoms with Gasteiger partial charge in [0.15, 0.2) is 0 Å². The minimum absolute atomic E-state index is 0.348. The molecule has 2 N–H and O–H groups in total. The molecule has 0 saturated heterocycles. The van der Waals surface area contributed by atoms with E-state index in [2.05, 4.69) is 16.9 Å². The largest absolute Gasteiger partial charge is 0.477 e. The molecule has 0 unspecified atom stereocenters. The van der Waals surface area contributed by atoms with E-state index in [1.165, 1.54) is 0 Å². The number of H-pyrrole nitrogens is 1. The molecule has 0 aromatic carbocycles. The number of carbonyl (C=O) groups is 1. The lowest BCUT2D eigenvalue weighted by Gasteiger charge is -2.37. The van der Waals surface area contributed by atoms with Crippen LogP contribution in [0.15, 0.2) is 11.0 Å². The van der Waals surface area contributed by atoms with Crippen molar-refractivity contribution in [2.24, 2.45) is 5.92 Å². The van der Waals surface area contributed by atoms with E-state index in [0.717, 1.165) is 31.9 Å². The molecule has 1 heterocycles. The summed E-state index contributed by atoms with van der Waals surface area (Å²) >= 11 is 0. The molecule has 0 atom stereocenters. The summed E-state index contributed by atoms with van der Waals surface area (Å²) in [6, 6.07) is 0. The van der Waals surface area contributed by atoms with Crippen molar-refractivity contribution in [1.29, 1.82) is 0 Å².